The summed E-state index contributed by atoms with van der Waals surface area (Å²) in [5.41, 5.74) is 1.09. The van der Waals surface area contributed by atoms with Gasteiger partial charge in [0.05, 0.1) is 16.7 Å². The second-order valence-corrected chi connectivity index (χ2v) is 5.28. The molecular weight excluding hydrogens is 285 g/mol. The summed E-state index contributed by atoms with van der Waals surface area (Å²) < 4.78 is 5.16. The van der Waals surface area contributed by atoms with E-state index in [0.717, 1.165) is 12.0 Å². The van der Waals surface area contributed by atoms with E-state index in [0.29, 0.717) is 23.1 Å². The fourth-order valence-corrected chi connectivity index (χ4v) is 2.34. The third kappa shape index (κ3) is 5.28. The minimum Gasteiger partial charge on any atom is -0.396 e. The molecule has 0 fully saturated rings. The van der Waals surface area contributed by atoms with Gasteiger partial charge < -0.3 is 15.2 Å². The van der Waals surface area contributed by atoms with E-state index in [1.807, 2.05) is 12.1 Å². The molecule has 1 aromatic carbocycles. The maximum absolute atomic E-state index is 9.07. The quantitative estimate of drug-likeness (QED) is 0.773. The molecule has 0 spiro atoms. The molecule has 0 bridgehead atoms. The molecule has 0 saturated heterocycles. The first-order chi connectivity index (χ1) is 9.12. The van der Waals surface area contributed by atoms with Crippen molar-refractivity contribution in [3.8, 4) is 0 Å². The van der Waals surface area contributed by atoms with Gasteiger partial charge in [-0.05, 0) is 30.5 Å². The van der Waals surface area contributed by atoms with Crippen molar-refractivity contribution in [3.05, 3.63) is 33.8 Å². The molecule has 108 valence electrons. The number of methoxy groups -OCH3 is 1. The number of nitrogens with one attached hydrogen (secondary N) is 1. The number of ether oxygens (including phenoxy) is 1. The first-order valence-electron chi connectivity index (χ1n) is 6.43. The molecule has 19 heavy (non-hydrogen) atoms. The Kier molecular flexibility index (Phi) is 7.73. The summed E-state index contributed by atoms with van der Waals surface area (Å²) in [5, 5.41) is 13.7. The number of rotatable bonds is 8. The highest BCUT2D eigenvalue weighted by Crippen LogP contribution is 2.27. The molecule has 2 N–H and O–H groups in total. The summed E-state index contributed by atoms with van der Waals surface area (Å²) in [4.78, 5) is 0. The van der Waals surface area contributed by atoms with Crippen LogP contribution < -0.4 is 5.32 Å². The van der Waals surface area contributed by atoms with Crippen LogP contribution in [0.5, 0.6) is 0 Å². The zero-order valence-corrected chi connectivity index (χ0v) is 12.8. The summed E-state index contributed by atoms with van der Waals surface area (Å²) >= 11 is 12.0. The average molecular weight is 306 g/mol. The Bertz CT molecular complexity index is 382. The third-order valence-electron chi connectivity index (χ3n) is 3.04. The molecule has 0 saturated carbocycles. The van der Waals surface area contributed by atoms with Crippen molar-refractivity contribution in [2.75, 3.05) is 20.3 Å². The van der Waals surface area contributed by atoms with Crippen LogP contribution in [0.4, 0.5) is 0 Å². The molecule has 0 aliphatic heterocycles. The van der Waals surface area contributed by atoms with Gasteiger partial charge in [0, 0.05) is 25.8 Å². The Morgan fingerprint density at radius 1 is 1.32 bits per heavy atom. The molecule has 2 unspecified atom stereocenters. The smallest absolute Gasteiger partial charge is 0.0616 e. The van der Waals surface area contributed by atoms with Gasteiger partial charge >= 0.3 is 0 Å². The van der Waals surface area contributed by atoms with E-state index in [2.05, 4.69) is 12.2 Å². The zero-order valence-electron chi connectivity index (χ0n) is 11.3. The number of benzene rings is 1. The number of halogens is 2. The third-order valence-corrected chi connectivity index (χ3v) is 3.78. The standard InChI is InChI=1S/C14H21Cl2NO2/c1-3-14(17-11(6-7-18)9-19-2)10-4-5-12(15)13(16)8-10/h4-5,8,11,14,17-18H,3,6-7,9H2,1-2H3. The van der Waals surface area contributed by atoms with Crippen molar-refractivity contribution in [3.63, 3.8) is 0 Å². The van der Waals surface area contributed by atoms with E-state index in [1.165, 1.54) is 0 Å². The van der Waals surface area contributed by atoms with E-state index in [4.69, 9.17) is 33.0 Å². The van der Waals surface area contributed by atoms with Crippen molar-refractivity contribution in [1.29, 1.82) is 0 Å². The molecule has 0 aromatic heterocycles. The monoisotopic (exact) mass is 305 g/mol. The Labute approximate surface area is 124 Å². The van der Waals surface area contributed by atoms with Crippen LogP contribution in [-0.4, -0.2) is 31.5 Å². The predicted octanol–water partition coefficient (Wildman–Crippen LogP) is 3.43. The molecule has 2 atom stereocenters. The maximum Gasteiger partial charge on any atom is 0.0616 e. The molecule has 0 heterocycles. The Balaban J connectivity index is 2.77. The van der Waals surface area contributed by atoms with Crippen molar-refractivity contribution < 1.29 is 9.84 Å². The second-order valence-electron chi connectivity index (χ2n) is 4.47. The lowest BCUT2D eigenvalue weighted by molar-refractivity contribution is 0.142. The van der Waals surface area contributed by atoms with Gasteiger partial charge in [-0.15, -0.1) is 0 Å². The molecule has 0 aliphatic carbocycles. The van der Waals surface area contributed by atoms with Gasteiger partial charge in [-0.1, -0.05) is 36.2 Å². The highest BCUT2D eigenvalue weighted by Gasteiger charge is 2.16. The highest BCUT2D eigenvalue weighted by molar-refractivity contribution is 6.42. The number of hydrogen-bond acceptors (Lipinski definition) is 3. The number of aliphatic hydroxyl groups is 1. The summed E-state index contributed by atoms with van der Waals surface area (Å²) in [7, 11) is 1.66. The van der Waals surface area contributed by atoms with E-state index in [-0.39, 0.29) is 18.7 Å². The van der Waals surface area contributed by atoms with Gasteiger partial charge in [0.1, 0.15) is 0 Å². The van der Waals surface area contributed by atoms with Crippen LogP contribution in [0.25, 0.3) is 0 Å². The normalized spacial score (nSPS) is 14.4. The minimum atomic E-state index is 0.120. The van der Waals surface area contributed by atoms with Crippen LogP contribution in [0.15, 0.2) is 18.2 Å². The average Bonchev–Trinajstić information content (AvgIpc) is 2.39. The fourth-order valence-electron chi connectivity index (χ4n) is 2.04. The fraction of sp³-hybridized carbons (Fsp3) is 0.571. The van der Waals surface area contributed by atoms with E-state index in [9.17, 15) is 0 Å². The van der Waals surface area contributed by atoms with Crippen LogP contribution in [-0.2, 0) is 4.74 Å². The molecular formula is C14H21Cl2NO2. The molecule has 5 heteroatoms. The summed E-state index contributed by atoms with van der Waals surface area (Å²) in [6.45, 7) is 2.81. The van der Waals surface area contributed by atoms with Crippen LogP contribution >= 0.6 is 23.2 Å². The van der Waals surface area contributed by atoms with Gasteiger partial charge in [0.2, 0.25) is 0 Å². The van der Waals surface area contributed by atoms with Crippen molar-refractivity contribution in [2.24, 2.45) is 0 Å². The molecule has 0 aliphatic rings. The first-order valence-corrected chi connectivity index (χ1v) is 7.18. The van der Waals surface area contributed by atoms with Crippen LogP contribution in [0.1, 0.15) is 31.4 Å². The van der Waals surface area contributed by atoms with Gasteiger partial charge in [-0.25, -0.2) is 0 Å². The lowest BCUT2D eigenvalue weighted by Crippen LogP contribution is -2.36. The highest BCUT2D eigenvalue weighted by atomic mass is 35.5. The largest absolute Gasteiger partial charge is 0.396 e. The SMILES string of the molecule is CCC(NC(CCO)COC)c1ccc(Cl)c(Cl)c1. The van der Waals surface area contributed by atoms with E-state index < -0.39 is 0 Å². The van der Waals surface area contributed by atoms with Gasteiger partial charge in [-0.2, -0.15) is 0 Å². The summed E-state index contributed by atoms with van der Waals surface area (Å²) in [6.07, 6.45) is 1.58. The Morgan fingerprint density at radius 3 is 2.58 bits per heavy atom. The maximum atomic E-state index is 9.07. The summed E-state index contributed by atoms with van der Waals surface area (Å²) in [6, 6.07) is 5.95. The second kappa shape index (κ2) is 8.77. The molecule has 0 amide bonds. The van der Waals surface area contributed by atoms with Gasteiger partial charge in [0.15, 0.2) is 0 Å². The first kappa shape index (κ1) is 16.7. The topological polar surface area (TPSA) is 41.5 Å². The predicted molar refractivity (Wildman–Crippen MR) is 80.0 cm³/mol. The molecule has 1 aromatic rings. The van der Waals surface area contributed by atoms with E-state index in [1.54, 1.807) is 13.2 Å². The Hall–Kier alpha value is -0.320. The molecule has 1 rings (SSSR count). The minimum absolute atomic E-state index is 0.120. The van der Waals surface area contributed by atoms with Crippen molar-refractivity contribution >= 4 is 23.2 Å². The zero-order chi connectivity index (χ0) is 14.3. The van der Waals surface area contributed by atoms with Crippen LogP contribution in [0, 0.1) is 0 Å². The Morgan fingerprint density at radius 2 is 2.05 bits per heavy atom. The van der Waals surface area contributed by atoms with Gasteiger partial charge in [0.25, 0.3) is 0 Å². The van der Waals surface area contributed by atoms with Crippen molar-refractivity contribution in [2.45, 2.75) is 31.8 Å². The molecule has 3 nitrogen and oxygen atoms in total. The molecule has 0 radical (unpaired) electrons. The van der Waals surface area contributed by atoms with Crippen LogP contribution in [0.3, 0.4) is 0 Å². The number of aliphatic hydroxyl groups excluding tert-OH is 1. The summed E-state index contributed by atoms with van der Waals surface area (Å²) in [5.74, 6) is 0. The lowest BCUT2D eigenvalue weighted by Gasteiger charge is -2.25. The van der Waals surface area contributed by atoms with E-state index >= 15 is 0 Å². The number of hydrogen-bond donors (Lipinski definition) is 2. The van der Waals surface area contributed by atoms with Crippen LogP contribution in [0.2, 0.25) is 10.0 Å². The van der Waals surface area contributed by atoms with Crippen molar-refractivity contribution in [1.82, 2.24) is 5.32 Å². The van der Waals surface area contributed by atoms with Gasteiger partial charge in [-0.3, -0.25) is 0 Å². The lowest BCUT2D eigenvalue weighted by atomic mass is 10.0.